The Labute approximate surface area is 96.5 Å². The third-order valence-electron chi connectivity index (χ3n) is 1.97. The molecule has 0 spiro atoms. The Balaban J connectivity index is 2.92. The molecule has 0 aliphatic carbocycles. The summed E-state index contributed by atoms with van der Waals surface area (Å²) >= 11 is 5.61. The van der Waals surface area contributed by atoms with E-state index < -0.39 is 16.8 Å². The molecule has 0 aliphatic rings. The van der Waals surface area contributed by atoms with Gasteiger partial charge in [0.25, 0.3) is 0 Å². The topological polar surface area (TPSA) is 90.1 Å². The van der Waals surface area contributed by atoms with Gasteiger partial charge in [-0.2, -0.15) is 4.68 Å². The number of hydrogen-bond acceptors (Lipinski definition) is 4. The summed E-state index contributed by atoms with van der Waals surface area (Å²) in [5.74, 6) is -0.714. The summed E-state index contributed by atoms with van der Waals surface area (Å²) in [4.78, 5) is 21.3. The van der Waals surface area contributed by atoms with Crippen LogP contribution in [0.2, 0.25) is 5.02 Å². The standard InChI is InChI=1S/C8H11ClN4O3/c1-3-10-8(14)5(2)12-4-6(9)7(11-12)13(15)16/h4-5H,3H2,1-2H3,(H,10,14). The SMILES string of the molecule is CCNC(=O)C(C)n1cc(Cl)c([N+](=O)[O-])n1. The first kappa shape index (κ1) is 12.4. The second-order valence-electron chi connectivity index (χ2n) is 3.11. The molecule has 1 amide bonds. The molecule has 1 aromatic heterocycles. The highest BCUT2D eigenvalue weighted by Gasteiger charge is 2.25. The van der Waals surface area contributed by atoms with Crippen molar-refractivity contribution in [1.82, 2.24) is 15.1 Å². The first-order chi connectivity index (χ1) is 7.47. The van der Waals surface area contributed by atoms with E-state index in [9.17, 15) is 14.9 Å². The van der Waals surface area contributed by atoms with Crippen LogP contribution in [0.3, 0.4) is 0 Å². The molecule has 1 atom stereocenters. The van der Waals surface area contributed by atoms with E-state index in [2.05, 4.69) is 10.4 Å². The van der Waals surface area contributed by atoms with Gasteiger partial charge in [-0.1, -0.05) is 11.6 Å². The highest BCUT2D eigenvalue weighted by Crippen LogP contribution is 2.23. The van der Waals surface area contributed by atoms with Crippen LogP contribution in [0, 0.1) is 10.1 Å². The Morgan fingerprint density at radius 3 is 2.88 bits per heavy atom. The van der Waals surface area contributed by atoms with E-state index in [0.717, 1.165) is 0 Å². The zero-order valence-corrected chi connectivity index (χ0v) is 9.56. The lowest BCUT2D eigenvalue weighted by molar-refractivity contribution is -0.389. The van der Waals surface area contributed by atoms with Crippen molar-refractivity contribution in [3.8, 4) is 0 Å². The van der Waals surface area contributed by atoms with Crippen molar-refractivity contribution in [1.29, 1.82) is 0 Å². The first-order valence-electron chi connectivity index (χ1n) is 4.64. The van der Waals surface area contributed by atoms with Crippen LogP contribution in [0.15, 0.2) is 6.20 Å². The Bertz CT molecular complexity index is 417. The van der Waals surface area contributed by atoms with E-state index in [1.165, 1.54) is 10.9 Å². The van der Waals surface area contributed by atoms with Gasteiger partial charge in [-0.25, -0.2) is 0 Å². The van der Waals surface area contributed by atoms with E-state index in [1.54, 1.807) is 13.8 Å². The number of amides is 1. The summed E-state index contributed by atoms with van der Waals surface area (Å²) < 4.78 is 1.17. The number of nitrogens with zero attached hydrogens (tertiary/aromatic N) is 3. The Hall–Kier alpha value is -1.63. The second kappa shape index (κ2) is 4.93. The largest absolute Gasteiger partial charge is 0.408 e. The average molecular weight is 247 g/mol. The predicted octanol–water partition coefficient (Wildman–Crippen LogP) is 1.14. The highest BCUT2D eigenvalue weighted by molar-refractivity contribution is 6.32. The molecule has 0 aliphatic heterocycles. The minimum atomic E-state index is -0.691. The van der Waals surface area contributed by atoms with Crippen molar-refractivity contribution in [3.63, 3.8) is 0 Å². The molecule has 1 heterocycles. The second-order valence-corrected chi connectivity index (χ2v) is 3.52. The van der Waals surface area contributed by atoms with E-state index in [-0.39, 0.29) is 10.9 Å². The Morgan fingerprint density at radius 1 is 1.81 bits per heavy atom. The van der Waals surface area contributed by atoms with Gasteiger partial charge in [0.2, 0.25) is 5.91 Å². The fourth-order valence-electron chi connectivity index (χ4n) is 1.12. The number of carbonyl (C=O) groups is 1. The van der Waals surface area contributed by atoms with Gasteiger partial charge in [0.15, 0.2) is 5.02 Å². The molecule has 88 valence electrons. The summed E-state index contributed by atoms with van der Waals surface area (Å²) in [6, 6.07) is -0.633. The molecule has 0 fully saturated rings. The number of aromatic nitrogens is 2. The molecule has 8 heteroatoms. The van der Waals surface area contributed by atoms with Crippen molar-refractivity contribution >= 4 is 23.3 Å². The summed E-state index contributed by atoms with van der Waals surface area (Å²) in [6.45, 7) is 3.85. The molecule has 0 saturated carbocycles. The molecule has 1 aromatic rings. The lowest BCUT2D eigenvalue weighted by atomic mass is 10.3. The smallest absolute Gasteiger partial charge is 0.358 e. The lowest BCUT2D eigenvalue weighted by Crippen LogP contribution is -2.30. The first-order valence-corrected chi connectivity index (χ1v) is 5.02. The van der Waals surface area contributed by atoms with Crippen LogP contribution in [-0.2, 0) is 4.79 Å². The minimum Gasteiger partial charge on any atom is -0.358 e. The molecule has 0 saturated heterocycles. The van der Waals surface area contributed by atoms with Gasteiger partial charge in [0.05, 0.1) is 11.3 Å². The molecular formula is C8H11ClN4O3. The van der Waals surface area contributed by atoms with Gasteiger partial charge in [-0.05, 0) is 18.8 Å². The summed E-state index contributed by atoms with van der Waals surface area (Å²) in [6.07, 6.45) is 1.26. The number of halogens is 1. The maximum absolute atomic E-state index is 11.4. The number of hydrogen-bond donors (Lipinski definition) is 1. The minimum absolute atomic E-state index is 0.0823. The Morgan fingerprint density at radius 2 is 2.44 bits per heavy atom. The van der Waals surface area contributed by atoms with Crippen LogP contribution in [0.5, 0.6) is 0 Å². The van der Waals surface area contributed by atoms with E-state index >= 15 is 0 Å². The zero-order chi connectivity index (χ0) is 12.3. The molecule has 1 N–H and O–H groups in total. The molecule has 0 radical (unpaired) electrons. The molecule has 1 unspecified atom stereocenters. The van der Waals surface area contributed by atoms with Crippen LogP contribution in [0.1, 0.15) is 19.9 Å². The van der Waals surface area contributed by atoms with Gasteiger partial charge < -0.3 is 15.4 Å². The van der Waals surface area contributed by atoms with Crippen LogP contribution in [0.25, 0.3) is 0 Å². The monoisotopic (exact) mass is 246 g/mol. The van der Waals surface area contributed by atoms with Gasteiger partial charge in [-0.15, -0.1) is 0 Å². The predicted molar refractivity (Wildman–Crippen MR) is 57.3 cm³/mol. The Kier molecular flexibility index (Phi) is 3.83. The normalized spacial score (nSPS) is 12.2. The molecule has 0 aromatic carbocycles. The van der Waals surface area contributed by atoms with E-state index in [1.807, 2.05) is 0 Å². The number of likely N-dealkylation sites (N-methyl/N-ethyl adjacent to an activating group) is 1. The van der Waals surface area contributed by atoms with Crippen molar-refractivity contribution in [3.05, 3.63) is 21.3 Å². The highest BCUT2D eigenvalue weighted by atomic mass is 35.5. The van der Waals surface area contributed by atoms with E-state index in [4.69, 9.17) is 11.6 Å². The molecular weight excluding hydrogens is 236 g/mol. The molecule has 0 bridgehead atoms. The van der Waals surface area contributed by atoms with Crippen molar-refractivity contribution in [2.75, 3.05) is 6.54 Å². The van der Waals surface area contributed by atoms with Crippen LogP contribution < -0.4 is 5.32 Å². The van der Waals surface area contributed by atoms with Gasteiger partial charge >= 0.3 is 5.82 Å². The van der Waals surface area contributed by atoms with Crippen molar-refractivity contribution in [2.45, 2.75) is 19.9 Å². The number of nitro groups is 1. The zero-order valence-electron chi connectivity index (χ0n) is 8.81. The molecule has 7 nitrogen and oxygen atoms in total. The van der Waals surface area contributed by atoms with Crippen molar-refractivity contribution < 1.29 is 9.72 Å². The molecule has 1 rings (SSSR count). The number of rotatable bonds is 4. The summed E-state index contributed by atoms with van der Waals surface area (Å²) in [7, 11) is 0. The van der Waals surface area contributed by atoms with Crippen LogP contribution in [0.4, 0.5) is 5.82 Å². The maximum atomic E-state index is 11.4. The summed E-state index contributed by atoms with van der Waals surface area (Å²) in [5, 5.41) is 16.6. The third kappa shape index (κ3) is 2.48. The summed E-state index contributed by atoms with van der Waals surface area (Å²) in [5.41, 5.74) is 0. The fourth-order valence-corrected chi connectivity index (χ4v) is 1.33. The average Bonchev–Trinajstić information content (AvgIpc) is 2.59. The van der Waals surface area contributed by atoms with Crippen molar-refractivity contribution in [2.24, 2.45) is 0 Å². The lowest BCUT2D eigenvalue weighted by Gasteiger charge is -2.07. The molecule has 16 heavy (non-hydrogen) atoms. The van der Waals surface area contributed by atoms with E-state index in [0.29, 0.717) is 6.54 Å². The van der Waals surface area contributed by atoms with Crippen LogP contribution >= 0.6 is 11.6 Å². The van der Waals surface area contributed by atoms with Crippen LogP contribution in [-0.4, -0.2) is 27.2 Å². The van der Waals surface area contributed by atoms with Gasteiger partial charge in [-0.3, -0.25) is 4.79 Å². The number of carbonyl (C=O) groups excluding carboxylic acids is 1. The third-order valence-corrected chi connectivity index (χ3v) is 2.24. The van der Waals surface area contributed by atoms with Gasteiger partial charge in [0.1, 0.15) is 6.04 Å². The van der Waals surface area contributed by atoms with Gasteiger partial charge in [0, 0.05) is 6.54 Å². The maximum Gasteiger partial charge on any atom is 0.408 e. The quantitative estimate of drug-likeness (QED) is 0.637. The fraction of sp³-hybridized carbons (Fsp3) is 0.500. The number of nitrogens with one attached hydrogen (secondary N) is 1.